The fraction of sp³-hybridized carbons (Fsp3) is 0.320. The molecule has 1 fully saturated rings. The summed E-state index contributed by atoms with van der Waals surface area (Å²) in [6.45, 7) is -0.563. The molecule has 1 saturated heterocycles. The Hall–Kier alpha value is -3.44. The van der Waals surface area contributed by atoms with E-state index in [1.54, 1.807) is 49.6 Å². The molecule has 0 amide bonds. The molecule has 0 aliphatic carbocycles. The highest BCUT2D eigenvalue weighted by Gasteiger charge is 2.22. The number of hydrogen-bond donors (Lipinski definition) is 1. The maximum Gasteiger partial charge on any atom is 0.387 e. The molecule has 1 aromatic heterocycles. The fourth-order valence-corrected chi connectivity index (χ4v) is 4.36. The number of ether oxygens (including phenoxy) is 3. The molecule has 0 bridgehead atoms. The highest BCUT2D eigenvalue weighted by Crippen LogP contribution is 2.38. The molecule has 1 atom stereocenters. The zero-order valence-electron chi connectivity index (χ0n) is 19.6. The zero-order chi connectivity index (χ0) is 25.5. The highest BCUT2D eigenvalue weighted by atomic mass is 32.2. The molecular weight excluding hydrogens is 492 g/mol. The van der Waals surface area contributed by atoms with Crippen LogP contribution in [0, 0.1) is 0 Å². The molecule has 36 heavy (non-hydrogen) atoms. The van der Waals surface area contributed by atoms with Crippen molar-refractivity contribution >= 4 is 27.1 Å². The van der Waals surface area contributed by atoms with Gasteiger partial charge >= 0.3 is 6.61 Å². The van der Waals surface area contributed by atoms with Crippen LogP contribution in [0.25, 0.3) is 0 Å². The van der Waals surface area contributed by atoms with Crippen LogP contribution < -0.4 is 19.1 Å². The van der Waals surface area contributed by atoms with Crippen molar-refractivity contribution in [3.05, 3.63) is 72.6 Å². The Balaban J connectivity index is 1.74. The molecule has 4 rings (SSSR count). The van der Waals surface area contributed by atoms with E-state index in [1.165, 1.54) is 6.07 Å². The lowest BCUT2D eigenvalue weighted by atomic mass is 10.1. The van der Waals surface area contributed by atoms with Gasteiger partial charge in [0.2, 0.25) is 10.0 Å². The second kappa shape index (κ2) is 11.5. The van der Waals surface area contributed by atoms with Gasteiger partial charge in [0.05, 0.1) is 18.0 Å². The summed E-state index contributed by atoms with van der Waals surface area (Å²) in [5.41, 5.74) is 2.57. The molecule has 8 nitrogen and oxygen atoms in total. The van der Waals surface area contributed by atoms with E-state index in [4.69, 9.17) is 9.47 Å². The number of halogens is 2. The molecule has 1 aliphatic rings. The van der Waals surface area contributed by atoms with E-state index in [9.17, 15) is 17.2 Å². The largest absolute Gasteiger partial charge is 0.461 e. The molecule has 1 aliphatic heterocycles. The van der Waals surface area contributed by atoms with Crippen LogP contribution in [0.5, 0.6) is 11.5 Å². The minimum absolute atomic E-state index is 0.0633. The number of alkyl halides is 2. The Bertz CT molecular complexity index is 1260. The summed E-state index contributed by atoms with van der Waals surface area (Å²) in [7, 11) is -3.48. The molecule has 1 unspecified atom stereocenters. The van der Waals surface area contributed by atoms with E-state index >= 15 is 0 Å². The van der Waals surface area contributed by atoms with Gasteiger partial charge in [-0.25, -0.2) is 8.42 Å². The number of anilines is 3. The van der Waals surface area contributed by atoms with E-state index in [-0.39, 0.29) is 17.3 Å². The molecular formula is C25H27F2N3O5S. The average molecular weight is 520 g/mol. The summed E-state index contributed by atoms with van der Waals surface area (Å²) in [6, 6.07) is 15.3. The molecule has 2 heterocycles. The third-order valence-corrected chi connectivity index (χ3v) is 6.78. The monoisotopic (exact) mass is 519 g/mol. The quantitative estimate of drug-likeness (QED) is 0.368. The lowest BCUT2D eigenvalue weighted by molar-refractivity contribution is -0.0632. The maximum atomic E-state index is 13.1. The number of nitrogens with one attached hydrogen (secondary N) is 1. The van der Waals surface area contributed by atoms with Gasteiger partial charge in [0, 0.05) is 42.8 Å². The van der Waals surface area contributed by atoms with E-state index < -0.39 is 22.9 Å². The first-order chi connectivity index (χ1) is 17.3. The standard InChI is InChI=1S/C25H27F2N3O5S/c1-2-36(31,32)29-19-7-3-8-20(14-19)30(17-18-6-4-12-28-16-18)21-10-11-22(35-25(26)27)23(15-21)34-24-9-5-13-33-24/h3-4,6-8,10-12,14-16,24-25,29H,2,5,9,13,17H2,1H3. The fourth-order valence-electron chi connectivity index (χ4n) is 3.73. The maximum absolute atomic E-state index is 13.1. The minimum Gasteiger partial charge on any atom is -0.461 e. The number of hydrogen-bond acceptors (Lipinski definition) is 7. The summed E-state index contributed by atoms with van der Waals surface area (Å²) >= 11 is 0. The van der Waals surface area contributed by atoms with Crippen LogP contribution >= 0.6 is 0 Å². The van der Waals surface area contributed by atoms with E-state index in [0.717, 1.165) is 12.0 Å². The third-order valence-electron chi connectivity index (χ3n) is 5.48. The second-order valence-electron chi connectivity index (χ2n) is 8.07. The van der Waals surface area contributed by atoms with Crippen LogP contribution in [0.4, 0.5) is 25.8 Å². The SMILES string of the molecule is CCS(=O)(=O)Nc1cccc(N(Cc2cccnc2)c2ccc(OC(F)F)c(OC3CCCO3)c2)c1. The van der Waals surface area contributed by atoms with Gasteiger partial charge in [-0.1, -0.05) is 12.1 Å². The van der Waals surface area contributed by atoms with Crippen molar-refractivity contribution < 1.29 is 31.4 Å². The van der Waals surface area contributed by atoms with Gasteiger partial charge in [0.25, 0.3) is 0 Å². The van der Waals surface area contributed by atoms with E-state index in [1.807, 2.05) is 23.1 Å². The van der Waals surface area contributed by atoms with Crippen LogP contribution in [0.2, 0.25) is 0 Å². The predicted octanol–water partition coefficient (Wildman–Crippen LogP) is 5.30. The predicted molar refractivity (Wildman–Crippen MR) is 132 cm³/mol. The summed E-state index contributed by atoms with van der Waals surface area (Å²) < 4.78 is 69.0. The lowest BCUT2D eigenvalue weighted by Gasteiger charge is -2.27. The molecule has 0 radical (unpaired) electrons. The van der Waals surface area contributed by atoms with Crippen molar-refractivity contribution in [1.29, 1.82) is 0 Å². The number of nitrogens with zero attached hydrogens (tertiary/aromatic N) is 2. The van der Waals surface area contributed by atoms with E-state index in [0.29, 0.717) is 36.6 Å². The average Bonchev–Trinajstić information content (AvgIpc) is 3.37. The van der Waals surface area contributed by atoms with Gasteiger partial charge in [-0.2, -0.15) is 8.78 Å². The number of aromatic nitrogens is 1. The topological polar surface area (TPSA) is 90.0 Å². The second-order valence-corrected chi connectivity index (χ2v) is 10.1. The smallest absolute Gasteiger partial charge is 0.387 e. The summed E-state index contributed by atoms with van der Waals surface area (Å²) in [5.74, 6) is -0.0413. The summed E-state index contributed by atoms with van der Waals surface area (Å²) in [6.07, 6.45) is 4.27. The number of rotatable bonds is 11. The Morgan fingerprint density at radius 1 is 1.14 bits per heavy atom. The molecule has 2 aromatic carbocycles. The number of pyridine rings is 1. The highest BCUT2D eigenvalue weighted by molar-refractivity contribution is 7.92. The van der Waals surface area contributed by atoms with Crippen LogP contribution in [-0.4, -0.2) is 38.7 Å². The molecule has 0 spiro atoms. The Labute approximate surface area is 208 Å². The first kappa shape index (κ1) is 25.6. The summed E-state index contributed by atoms with van der Waals surface area (Å²) in [5, 5.41) is 0. The summed E-state index contributed by atoms with van der Waals surface area (Å²) in [4.78, 5) is 6.07. The number of sulfonamides is 1. The van der Waals surface area contributed by atoms with E-state index in [2.05, 4.69) is 14.4 Å². The van der Waals surface area contributed by atoms with Crippen molar-refractivity contribution in [2.45, 2.75) is 39.2 Å². The zero-order valence-corrected chi connectivity index (χ0v) is 20.5. The van der Waals surface area contributed by atoms with Crippen LogP contribution in [0.15, 0.2) is 67.0 Å². The van der Waals surface area contributed by atoms with Gasteiger partial charge < -0.3 is 19.1 Å². The van der Waals surface area contributed by atoms with Crippen molar-refractivity contribution in [1.82, 2.24) is 4.98 Å². The third kappa shape index (κ3) is 6.82. The minimum atomic E-state index is -3.48. The first-order valence-electron chi connectivity index (χ1n) is 11.5. The van der Waals surface area contributed by atoms with Crippen LogP contribution in [0.1, 0.15) is 25.3 Å². The van der Waals surface area contributed by atoms with Gasteiger partial charge in [0.1, 0.15) is 0 Å². The van der Waals surface area contributed by atoms with Crippen molar-refractivity contribution in [3.63, 3.8) is 0 Å². The van der Waals surface area contributed by atoms with Crippen LogP contribution in [-0.2, 0) is 21.3 Å². The lowest BCUT2D eigenvalue weighted by Crippen LogP contribution is -2.19. The van der Waals surface area contributed by atoms with Gasteiger partial charge in [-0.05, 0) is 55.3 Å². The normalized spacial score (nSPS) is 15.6. The Morgan fingerprint density at radius 3 is 2.67 bits per heavy atom. The van der Waals surface area contributed by atoms with Crippen molar-refractivity contribution in [2.75, 3.05) is 22.0 Å². The van der Waals surface area contributed by atoms with Gasteiger partial charge in [-0.15, -0.1) is 0 Å². The number of benzene rings is 2. The Kier molecular flexibility index (Phi) is 8.21. The van der Waals surface area contributed by atoms with Crippen molar-refractivity contribution in [3.8, 4) is 11.5 Å². The molecule has 3 aromatic rings. The van der Waals surface area contributed by atoms with Gasteiger partial charge in [-0.3, -0.25) is 9.71 Å². The molecule has 11 heteroatoms. The molecule has 192 valence electrons. The Morgan fingerprint density at radius 2 is 1.97 bits per heavy atom. The van der Waals surface area contributed by atoms with Gasteiger partial charge in [0.15, 0.2) is 17.8 Å². The first-order valence-corrected chi connectivity index (χ1v) is 13.1. The van der Waals surface area contributed by atoms with Crippen LogP contribution in [0.3, 0.4) is 0 Å². The molecule has 0 saturated carbocycles. The molecule has 1 N–H and O–H groups in total. The van der Waals surface area contributed by atoms with Crippen molar-refractivity contribution in [2.24, 2.45) is 0 Å².